The van der Waals surface area contributed by atoms with Gasteiger partial charge in [0.05, 0.1) is 6.61 Å². The molecule has 0 amide bonds. The van der Waals surface area contributed by atoms with Crippen LogP contribution in [0.3, 0.4) is 0 Å². The van der Waals surface area contributed by atoms with Gasteiger partial charge >= 0.3 is 0 Å². The van der Waals surface area contributed by atoms with Gasteiger partial charge in [-0.25, -0.2) is 5.09 Å². The van der Waals surface area contributed by atoms with E-state index in [0.29, 0.717) is 6.54 Å². The molecule has 0 saturated heterocycles. The predicted octanol–water partition coefficient (Wildman–Crippen LogP) is 0.0376. The highest BCUT2D eigenvalue weighted by Crippen LogP contribution is 2.34. The average Bonchev–Trinajstić information content (AvgIpc) is 1.84. The molecule has 0 bridgehead atoms. The first-order valence-corrected chi connectivity index (χ1v) is 4.69. The van der Waals surface area contributed by atoms with Crippen LogP contribution in [0.15, 0.2) is 0 Å². The molecule has 0 aliphatic heterocycles. The Hall–Kier alpha value is 0.110. The second-order valence-corrected chi connectivity index (χ2v) is 4.03. The molecule has 0 fully saturated rings. The molecule has 0 saturated carbocycles. The van der Waals surface area contributed by atoms with Gasteiger partial charge < -0.3 is 9.63 Å². The molecule has 0 aromatic heterocycles. The summed E-state index contributed by atoms with van der Waals surface area (Å²) in [6.45, 7) is 1.74. The van der Waals surface area contributed by atoms with E-state index in [-0.39, 0.29) is 6.61 Å². The van der Waals surface area contributed by atoms with Crippen LogP contribution >= 0.6 is 7.52 Å². The number of aliphatic hydroxyl groups is 1. The van der Waals surface area contributed by atoms with Crippen LogP contribution in [0.2, 0.25) is 0 Å². The minimum Gasteiger partial charge on any atom is -0.395 e. The fourth-order valence-corrected chi connectivity index (χ4v) is 0.953. The molecule has 0 aromatic rings. The summed E-state index contributed by atoms with van der Waals surface area (Å²) in [6.07, 6.45) is 0. The SMILES string of the molecule is COP(C)(=O)NCCO. The van der Waals surface area contributed by atoms with Gasteiger partial charge in [0.1, 0.15) is 0 Å². The summed E-state index contributed by atoms with van der Waals surface area (Å²) in [5.41, 5.74) is 0. The van der Waals surface area contributed by atoms with Gasteiger partial charge in [-0.3, -0.25) is 4.57 Å². The van der Waals surface area contributed by atoms with Crippen LogP contribution in [-0.2, 0) is 9.09 Å². The monoisotopic (exact) mass is 153 g/mol. The van der Waals surface area contributed by atoms with Gasteiger partial charge in [0.25, 0.3) is 7.52 Å². The maximum Gasteiger partial charge on any atom is 0.266 e. The van der Waals surface area contributed by atoms with Gasteiger partial charge in [0.15, 0.2) is 0 Å². The first-order valence-electron chi connectivity index (χ1n) is 2.61. The van der Waals surface area contributed by atoms with Crippen molar-refractivity contribution in [1.29, 1.82) is 0 Å². The van der Waals surface area contributed by atoms with E-state index in [9.17, 15) is 4.57 Å². The van der Waals surface area contributed by atoms with Crippen molar-refractivity contribution in [3.8, 4) is 0 Å². The average molecular weight is 153 g/mol. The lowest BCUT2D eigenvalue weighted by atomic mass is 10.8. The zero-order valence-corrected chi connectivity index (χ0v) is 6.52. The number of hydrogen-bond acceptors (Lipinski definition) is 3. The molecule has 0 spiro atoms. The van der Waals surface area contributed by atoms with Crippen LogP contribution in [0.5, 0.6) is 0 Å². The molecule has 0 rings (SSSR count). The van der Waals surface area contributed by atoms with Gasteiger partial charge in [-0.05, 0) is 0 Å². The Morgan fingerprint density at radius 3 is 2.67 bits per heavy atom. The third kappa shape index (κ3) is 4.60. The highest BCUT2D eigenvalue weighted by atomic mass is 31.2. The molecule has 2 N–H and O–H groups in total. The molecular formula is C4H12NO3P. The van der Waals surface area contributed by atoms with Crippen LogP contribution in [0.25, 0.3) is 0 Å². The molecule has 0 heterocycles. The highest BCUT2D eigenvalue weighted by molar-refractivity contribution is 7.55. The van der Waals surface area contributed by atoms with Gasteiger partial charge in [0.2, 0.25) is 0 Å². The van der Waals surface area contributed by atoms with Gasteiger partial charge in [0, 0.05) is 20.3 Å². The fourth-order valence-electron chi connectivity index (χ4n) is 0.318. The van der Waals surface area contributed by atoms with Crippen LogP contribution in [-0.4, -0.2) is 32.0 Å². The number of rotatable bonds is 4. The Kier molecular flexibility index (Phi) is 4.06. The Morgan fingerprint density at radius 2 is 2.33 bits per heavy atom. The number of aliphatic hydroxyl groups excluding tert-OH is 1. The van der Waals surface area contributed by atoms with E-state index >= 15 is 0 Å². The van der Waals surface area contributed by atoms with Crippen molar-refractivity contribution in [1.82, 2.24) is 5.09 Å². The maximum atomic E-state index is 10.9. The van der Waals surface area contributed by atoms with E-state index in [1.807, 2.05) is 0 Å². The summed E-state index contributed by atoms with van der Waals surface area (Å²) in [4.78, 5) is 0. The summed E-state index contributed by atoms with van der Waals surface area (Å²) in [5.74, 6) is 0. The molecule has 56 valence electrons. The van der Waals surface area contributed by atoms with Crippen molar-refractivity contribution in [2.24, 2.45) is 0 Å². The summed E-state index contributed by atoms with van der Waals surface area (Å²) < 4.78 is 15.5. The van der Waals surface area contributed by atoms with Gasteiger partial charge in [-0.1, -0.05) is 0 Å². The van der Waals surface area contributed by atoms with Crippen LogP contribution in [0.4, 0.5) is 0 Å². The lowest BCUT2D eigenvalue weighted by molar-refractivity contribution is 0.295. The second-order valence-electron chi connectivity index (χ2n) is 1.66. The summed E-state index contributed by atoms with van der Waals surface area (Å²) in [5, 5.41) is 10.8. The Bertz CT molecular complexity index is 116. The van der Waals surface area contributed by atoms with Crippen LogP contribution < -0.4 is 5.09 Å². The third-order valence-electron chi connectivity index (χ3n) is 0.859. The zero-order chi connectivity index (χ0) is 7.33. The first-order chi connectivity index (χ1) is 4.12. The molecule has 1 unspecified atom stereocenters. The Balaban J connectivity index is 3.46. The minimum absolute atomic E-state index is 0.0266. The summed E-state index contributed by atoms with van der Waals surface area (Å²) in [6, 6.07) is 0. The topological polar surface area (TPSA) is 58.6 Å². The fraction of sp³-hybridized carbons (Fsp3) is 1.00. The quantitative estimate of drug-likeness (QED) is 0.560. The Labute approximate surface area is 54.7 Å². The smallest absolute Gasteiger partial charge is 0.266 e. The van der Waals surface area contributed by atoms with Crippen molar-refractivity contribution in [3.05, 3.63) is 0 Å². The first kappa shape index (κ1) is 9.11. The van der Waals surface area contributed by atoms with E-state index in [0.717, 1.165) is 0 Å². The molecule has 9 heavy (non-hydrogen) atoms. The van der Waals surface area contributed by atoms with E-state index in [2.05, 4.69) is 9.61 Å². The van der Waals surface area contributed by atoms with Crippen molar-refractivity contribution >= 4 is 7.52 Å². The summed E-state index contributed by atoms with van der Waals surface area (Å²) in [7, 11) is -1.23. The van der Waals surface area contributed by atoms with Crippen molar-refractivity contribution in [2.45, 2.75) is 0 Å². The van der Waals surface area contributed by atoms with Crippen molar-refractivity contribution in [3.63, 3.8) is 0 Å². The maximum absolute atomic E-state index is 10.9. The molecule has 0 aliphatic rings. The van der Waals surface area contributed by atoms with Crippen LogP contribution in [0.1, 0.15) is 0 Å². The minimum atomic E-state index is -2.60. The molecule has 0 radical (unpaired) electrons. The standard InChI is InChI=1S/C4H12NO3P/c1-8-9(2,7)5-3-4-6/h6H,3-4H2,1-2H3,(H,5,7). The molecule has 4 nitrogen and oxygen atoms in total. The second kappa shape index (κ2) is 4.01. The molecule has 0 aromatic carbocycles. The lowest BCUT2D eigenvalue weighted by Crippen LogP contribution is -2.14. The largest absolute Gasteiger partial charge is 0.395 e. The molecule has 0 aliphatic carbocycles. The number of hydrogen-bond donors (Lipinski definition) is 2. The van der Waals surface area contributed by atoms with E-state index in [4.69, 9.17) is 5.11 Å². The summed E-state index contributed by atoms with van der Waals surface area (Å²) >= 11 is 0. The van der Waals surface area contributed by atoms with Crippen molar-refractivity contribution < 1.29 is 14.2 Å². The van der Waals surface area contributed by atoms with E-state index in [1.54, 1.807) is 0 Å². The predicted molar refractivity (Wildman–Crippen MR) is 35.6 cm³/mol. The number of nitrogens with one attached hydrogen (secondary N) is 1. The normalized spacial score (nSPS) is 17.2. The van der Waals surface area contributed by atoms with E-state index in [1.165, 1.54) is 13.8 Å². The molecule has 5 heteroatoms. The Morgan fingerprint density at radius 1 is 1.78 bits per heavy atom. The third-order valence-corrected chi connectivity index (χ3v) is 2.35. The molecule has 1 atom stereocenters. The zero-order valence-electron chi connectivity index (χ0n) is 5.63. The van der Waals surface area contributed by atoms with Crippen LogP contribution in [0, 0.1) is 0 Å². The molecular weight excluding hydrogens is 141 g/mol. The lowest BCUT2D eigenvalue weighted by Gasteiger charge is -2.09. The van der Waals surface area contributed by atoms with Crippen molar-refractivity contribution in [2.75, 3.05) is 26.9 Å². The van der Waals surface area contributed by atoms with Gasteiger partial charge in [-0.2, -0.15) is 0 Å². The highest BCUT2D eigenvalue weighted by Gasteiger charge is 2.09. The van der Waals surface area contributed by atoms with E-state index < -0.39 is 7.52 Å². The van der Waals surface area contributed by atoms with Gasteiger partial charge in [-0.15, -0.1) is 0 Å².